The van der Waals surface area contributed by atoms with Gasteiger partial charge in [0, 0.05) is 11.6 Å². The van der Waals surface area contributed by atoms with Gasteiger partial charge in [-0.15, -0.1) is 22.7 Å². The zero-order valence-electron chi connectivity index (χ0n) is 12.7. The lowest BCUT2D eigenvalue weighted by Gasteiger charge is -2.13. The lowest BCUT2D eigenvalue weighted by molar-refractivity contribution is -0.123. The van der Waals surface area contributed by atoms with E-state index in [4.69, 9.17) is 22.1 Å². The first kappa shape index (κ1) is 17.4. The summed E-state index contributed by atoms with van der Waals surface area (Å²) < 4.78 is 6.65. The summed E-state index contributed by atoms with van der Waals surface area (Å²) >= 11 is 8.41. The molecule has 3 N–H and O–H groups in total. The predicted octanol–water partition coefficient (Wildman–Crippen LogP) is 2.39. The fourth-order valence-electron chi connectivity index (χ4n) is 2.03. The Balaban J connectivity index is 1.72. The van der Waals surface area contributed by atoms with Gasteiger partial charge in [-0.2, -0.15) is 0 Å². The predicted molar refractivity (Wildman–Crippen MR) is 94.4 cm³/mol. The normalized spacial score (nSPS) is 12.1. The van der Waals surface area contributed by atoms with E-state index in [0.717, 1.165) is 11.3 Å². The third-order valence-electron chi connectivity index (χ3n) is 3.23. The number of nitrogens with zero attached hydrogens (tertiary/aromatic N) is 2. The molecule has 1 atom stereocenters. The van der Waals surface area contributed by atoms with E-state index in [1.807, 2.05) is 0 Å². The van der Waals surface area contributed by atoms with Crippen molar-refractivity contribution < 1.29 is 19.1 Å². The van der Waals surface area contributed by atoms with Crippen molar-refractivity contribution in [2.45, 2.75) is 13.0 Å². The Morgan fingerprint density at radius 2 is 2.12 bits per heavy atom. The number of ether oxygens (including phenoxy) is 1. The highest BCUT2D eigenvalue weighted by Gasteiger charge is 2.25. The first-order valence-corrected chi connectivity index (χ1v) is 9.02. The maximum atomic E-state index is 12.3. The smallest absolute Gasteiger partial charge is 0.359 e. The minimum Gasteiger partial charge on any atom is -0.448 e. The second-order valence-electron chi connectivity index (χ2n) is 4.87. The average molecular weight is 399 g/mol. The molecule has 3 heterocycles. The van der Waals surface area contributed by atoms with Crippen LogP contribution in [0, 0.1) is 0 Å². The molecule has 0 unspecified atom stereocenters. The van der Waals surface area contributed by atoms with Crippen molar-refractivity contribution in [3.8, 4) is 0 Å². The van der Waals surface area contributed by atoms with Crippen molar-refractivity contribution in [1.29, 1.82) is 0 Å². The minimum absolute atomic E-state index is 0.00118. The van der Waals surface area contributed by atoms with E-state index in [2.05, 4.69) is 10.3 Å². The van der Waals surface area contributed by atoms with E-state index in [9.17, 15) is 14.4 Å². The van der Waals surface area contributed by atoms with Crippen LogP contribution >= 0.6 is 34.3 Å². The Labute approximate surface area is 154 Å². The molecule has 3 aromatic heterocycles. The van der Waals surface area contributed by atoms with Gasteiger partial charge in [0.05, 0.1) is 5.56 Å². The van der Waals surface area contributed by atoms with Crippen molar-refractivity contribution in [1.82, 2.24) is 9.38 Å². The van der Waals surface area contributed by atoms with Crippen molar-refractivity contribution >= 4 is 62.0 Å². The monoisotopic (exact) mass is 398 g/mol. The molecule has 25 heavy (non-hydrogen) atoms. The molecule has 11 heteroatoms. The first-order valence-electron chi connectivity index (χ1n) is 6.88. The number of nitrogens with two attached hydrogens (primary N) is 1. The molecule has 0 aromatic carbocycles. The topological polar surface area (TPSA) is 116 Å². The van der Waals surface area contributed by atoms with Crippen LogP contribution in [-0.2, 0) is 9.53 Å². The Bertz CT molecular complexity index is 977. The van der Waals surface area contributed by atoms with E-state index in [0.29, 0.717) is 9.96 Å². The van der Waals surface area contributed by atoms with E-state index in [1.54, 1.807) is 17.0 Å². The van der Waals surface area contributed by atoms with Crippen LogP contribution in [0.25, 0.3) is 4.96 Å². The van der Waals surface area contributed by atoms with Gasteiger partial charge in [0.2, 0.25) is 0 Å². The van der Waals surface area contributed by atoms with Crippen LogP contribution in [0.5, 0.6) is 0 Å². The SMILES string of the molecule is C[C@H](OC(=O)c1c(Cl)nc2sccn12)C(=O)Nc1sccc1C(N)=O. The highest BCUT2D eigenvalue weighted by molar-refractivity contribution is 7.15. The van der Waals surface area contributed by atoms with Gasteiger partial charge in [-0.25, -0.2) is 9.78 Å². The second kappa shape index (κ2) is 6.82. The van der Waals surface area contributed by atoms with E-state index in [-0.39, 0.29) is 16.4 Å². The Morgan fingerprint density at radius 1 is 1.36 bits per heavy atom. The quantitative estimate of drug-likeness (QED) is 0.640. The zero-order valence-corrected chi connectivity index (χ0v) is 15.1. The highest BCUT2D eigenvalue weighted by Crippen LogP contribution is 2.24. The number of primary amides is 1. The average Bonchev–Trinajstić information content (AvgIpc) is 3.22. The number of thiophene rings is 1. The van der Waals surface area contributed by atoms with Crippen molar-refractivity contribution in [3.05, 3.63) is 39.4 Å². The van der Waals surface area contributed by atoms with Gasteiger partial charge in [-0.1, -0.05) is 11.6 Å². The Hall–Kier alpha value is -2.43. The van der Waals surface area contributed by atoms with Gasteiger partial charge >= 0.3 is 5.97 Å². The number of fused-ring (bicyclic) bond motifs is 1. The lowest BCUT2D eigenvalue weighted by Crippen LogP contribution is -2.30. The molecule has 0 aliphatic rings. The molecular formula is C14H11ClN4O4S2. The van der Waals surface area contributed by atoms with Crippen LogP contribution in [0.15, 0.2) is 23.0 Å². The number of anilines is 1. The maximum Gasteiger partial charge on any atom is 0.359 e. The number of esters is 1. The van der Waals surface area contributed by atoms with Gasteiger partial charge in [-0.05, 0) is 18.4 Å². The molecule has 0 saturated carbocycles. The highest BCUT2D eigenvalue weighted by atomic mass is 35.5. The molecule has 3 rings (SSSR count). The van der Waals surface area contributed by atoms with Crippen LogP contribution in [0.3, 0.4) is 0 Å². The number of carbonyl (C=O) groups excluding carboxylic acids is 3. The standard InChI is InChI=1S/C14H11ClN4O4S2/c1-6(11(21)18-12-7(10(16)20)2-4-24-12)23-13(22)8-9(15)17-14-19(8)3-5-25-14/h2-6H,1H3,(H2,16,20)(H,18,21)/t6-/m0/s1. The minimum atomic E-state index is -1.12. The number of aromatic nitrogens is 2. The molecule has 0 radical (unpaired) electrons. The number of nitrogens with one attached hydrogen (secondary N) is 1. The van der Waals surface area contributed by atoms with Gasteiger partial charge in [0.15, 0.2) is 21.9 Å². The molecule has 3 aromatic rings. The Morgan fingerprint density at radius 3 is 2.84 bits per heavy atom. The summed E-state index contributed by atoms with van der Waals surface area (Å²) in [6, 6.07) is 1.50. The summed E-state index contributed by atoms with van der Waals surface area (Å²) in [6.45, 7) is 1.41. The van der Waals surface area contributed by atoms with Gasteiger partial charge in [0.1, 0.15) is 5.00 Å². The molecule has 0 spiro atoms. The van der Waals surface area contributed by atoms with E-state index >= 15 is 0 Å². The number of hydrogen-bond acceptors (Lipinski definition) is 7. The van der Waals surface area contributed by atoms with Crippen LogP contribution in [0.4, 0.5) is 5.00 Å². The van der Waals surface area contributed by atoms with Crippen LogP contribution < -0.4 is 11.1 Å². The fourth-order valence-corrected chi connectivity index (χ4v) is 3.83. The summed E-state index contributed by atoms with van der Waals surface area (Å²) in [5.41, 5.74) is 5.46. The number of imidazole rings is 1. The molecular weight excluding hydrogens is 388 g/mol. The summed E-state index contributed by atoms with van der Waals surface area (Å²) in [5, 5.41) is 6.17. The van der Waals surface area contributed by atoms with Gasteiger partial charge in [-0.3, -0.25) is 14.0 Å². The summed E-state index contributed by atoms with van der Waals surface area (Å²) in [5.74, 6) is -2.03. The second-order valence-corrected chi connectivity index (χ2v) is 7.02. The fraction of sp³-hybridized carbons (Fsp3) is 0.143. The molecule has 0 saturated heterocycles. The summed E-state index contributed by atoms with van der Waals surface area (Å²) in [6.07, 6.45) is 0.515. The summed E-state index contributed by atoms with van der Waals surface area (Å²) in [7, 11) is 0. The zero-order chi connectivity index (χ0) is 18.1. The van der Waals surface area contributed by atoms with Crippen LogP contribution in [0.2, 0.25) is 5.15 Å². The number of rotatable bonds is 5. The number of amides is 2. The number of thiazole rings is 1. The molecule has 8 nitrogen and oxygen atoms in total. The van der Waals surface area contributed by atoms with Crippen LogP contribution in [0.1, 0.15) is 27.8 Å². The third kappa shape index (κ3) is 3.36. The molecule has 0 aliphatic carbocycles. The Kier molecular flexibility index (Phi) is 4.75. The third-order valence-corrected chi connectivity index (χ3v) is 5.08. The molecule has 2 amide bonds. The van der Waals surface area contributed by atoms with Gasteiger partial charge in [0.25, 0.3) is 11.8 Å². The number of halogens is 1. The molecule has 0 fully saturated rings. The first-order chi connectivity index (χ1) is 11.9. The molecule has 130 valence electrons. The van der Waals surface area contributed by atoms with Crippen LogP contribution in [-0.4, -0.2) is 33.3 Å². The molecule has 0 bridgehead atoms. The molecule has 0 aliphatic heterocycles. The van der Waals surface area contributed by atoms with Gasteiger partial charge < -0.3 is 15.8 Å². The van der Waals surface area contributed by atoms with Crippen molar-refractivity contribution in [2.24, 2.45) is 5.73 Å². The number of carbonyl (C=O) groups is 3. The van der Waals surface area contributed by atoms with E-state index in [1.165, 1.54) is 28.7 Å². The van der Waals surface area contributed by atoms with Crippen molar-refractivity contribution in [2.75, 3.05) is 5.32 Å². The number of hydrogen-bond donors (Lipinski definition) is 2. The lowest BCUT2D eigenvalue weighted by atomic mass is 10.3. The largest absolute Gasteiger partial charge is 0.448 e. The summed E-state index contributed by atoms with van der Waals surface area (Å²) in [4.78, 5) is 40.4. The van der Waals surface area contributed by atoms with E-state index < -0.39 is 23.9 Å². The van der Waals surface area contributed by atoms with Crippen molar-refractivity contribution in [3.63, 3.8) is 0 Å². The maximum absolute atomic E-state index is 12.3.